The van der Waals surface area contributed by atoms with Crippen LogP contribution in [0.3, 0.4) is 0 Å². The topological polar surface area (TPSA) is 145 Å². The quantitative estimate of drug-likeness (QED) is 0.0998. The Kier molecular flexibility index (Phi) is 10.7. The number of carbonyl (C=O) groups excluding carboxylic acids is 3. The van der Waals surface area contributed by atoms with Gasteiger partial charge in [0.1, 0.15) is 24.1 Å². The summed E-state index contributed by atoms with van der Waals surface area (Å²) in [6, 6.07) is 37.7. The molecule has 0 aliphatic heterocycles. The lowest BCUT2D eigenvalue weighted by Gasteiger charge is -2.31. The molecule has 1 atom stereocenters. The zero-order chi connectivity index (χ0) is 33.9. The summed E-state index contributed by atoms with van der Waals surface area (Å²) in [5.41, 5.74) is 6.40. The molecule has 1 amide bonds. The average Bonchev–Trinajstić information content (AvgIpc) is 3.14. The fourth-order valence-electron chi connectivity index (χ4n) is 5.08. The molecule has 0 spiro atoms. The molecule has 0 aromatic heterocycles. The van der Waals surface area contributed by atoms with E-state index in [1.165, 1.54) is 24.3 Å². The number of hydrogen-bond acceptors (Lipinski definition) is 7. The predicted octanol–water partition coefficient (Wildman–Crippen LogP) is 5.53. The van der Waals surface area contributed by atoms with Gasteiger partial charge in [0.2, 0.25) is 17.2 Å². The van der Waals surface area contributed by atoms with E-state index >= 15 is 0 Å². The minimum atomic E-state index is -2.08. The van der Waals surface area contributed by atoms with Crippen molar-refractivity contribution in [3.8, 4) is 11.5 Å². The average molecular weight is 643 g/mol. The monoisotopic (exact) mass is 642 g/mol. The van der Waals surface area contributed by atoms with Crippen LogP contribution in [0.25, 0.3) is 0 Å². The van der Waals surface area contributed by atoms with E-state index in [2.05, 4.69) is 5.32 Å². The van der Waals surface area contributed by atoms with Crippen LogP contribution in [0.4, 0.5) is 0 Å². The van der Waals surface area contributed by atoms with Gasteiger partial charge in [0.05, 0.1) is 0 Å². The van der Waals surface area contributed by atoms with E-state index in [0.717, 1.165) is 5.56 Å². The van der Waals surface area contributed by atoms with Gasteiger partial charge in [-0.25, -0.2) is 4.79 Å². The Hall–Kier alpha value is -6.06. The lowest BCUT2D eigenvalue weighted by Crippen LogP contribution is -2.57. The van der Waals surface area contributed by atoms with Crippen molar-refractivity contribution in [2.75, 3.05) is 6.54 Å². The zero-order valence-corrected chi connectivity index (χ0v) is 26.0. The van der Waals surface area contributed by atoms with Gasteiger partial charge in [0.25, 0.3) is 5.91 Å². The highest BCUT2D eigenvalue weighted by molar-refractivity contribution is 6.23. The maximum absolute atomic E-state index is 13.8. The van der Waals surface area contributed by atoms with Crippen LogP contribution < -0.4 is 20.5 Å². The van der Waals surface area contributed by atoms with E-state index in [1.807, 2.05) is 30.3 Å². The van der Waals surface area contributed by atoms with E-state index in [4.69, 9.17) is 15.2 Å². The first kappa shape index (κ1) is 33.3. The van der Waals surface area contributed by atoms with E-state index in [9.17, 15) is 24.3 Å². The highest BCUT2D eigenvalue weighted by Gasteiger charge is 2.48. The molecule has 5 aromatic rings. The van der Waals surface area contributed by atoms with E-state index < -0.39 is 41.6 Å². The number of ketones is 2. The zero-order valence-electron chi connectivity index (χ0n) is 26.0. The highest BCUT2D eigenvalue weighted by atomic mass is 16.5. The van der Waals surface area contributed by atoms with Crippen molar-refractivity contribution in [2.45, 2.75) is 24.7 Å². The second kappa shape index (κ2) is 15.5. The molecule has 9 nitrogen and oxygen atoms in total. The fraction of sp³-hybridized carbons (Fsp3) is 0.128. The second-order valence-electron chi connectivity index (χ2n) is 11.0. The first-order valence-corrected chi connectivity index (χ1v) is 15.3. The number of carboxylic acids is 1. The number of amides is 1. The van der Waals surface area contributed by atoms with Gasteiger partial charge in [0, 0.05) is 29.7 Å². The van der Waals surface area contributed by atoms with Crippen molar-refractivity contribution < 1.29 is 33.8 Å². The van der Waals surface area contributed by atoms with Gasteiger partial charge < -0.3 is 25.6 Å². The molecule has 0 radical (unpaired) electrons. The van der Waals surface area contributed by atoms with E-state index in [0.29, 0.717) is 17.9 Å². The van der Waals surface area contributed by atoms with Crippen LogP contribution in [0, 0.1) is 0 Å². The van der Waals surface area contributed by atoms with Crippen LogP contribution >= 0.6 is 0 Å². The molecule has 0 heterocycles. The lowest BCUT2D eigenvalue weighted by atomic mass is 9.85. The number of hydrogen-bond donors (Lipinski definition) is 3. The lowest BCUT2D eigenvalue weighted by molar-refractivity contribution is -0.139. The number of Topliss-reactive ketones (excluding diaryl/α,β-unsaturated/α-hetero) is 2. The number of benzene rings is 5. The molecule has 5 rings (SSSR count). The van der Waals surface area contributed by atoms with Gasteiger partial charge in [-0.3, -0.25) is 14.4 Å². The number of carboxylic acid groups (broad SMARTS) is 1. The van der Waals surface area contributed by atoms with Crippen molar-refractivity contribution in [2.24, 2.45) is 5.73 Å². The summed E-state index contributed by atoms with van der Waals surface area (Å²) in [7, 11) is 0. The number of ether oxygens (including phenoxy) is 2. The molecule has 48 heavy (non-hydrogen) atoms. The summed E-state index contributed by atoms with van der Waals surface area (Å²) in [4.78, 5) is 52.7. The van der Waals surface area contributed by atoms with Gasteiger partial charge in [-0.1, -0.05) is 103 Å². The first-order chi connectivity index (χ1) is 23.3. The summed E-state index contributed by atoms with van der Waals surface area (Å²) in [6.45, 7) is -0.0468. The number of rotatable bonds is 15. The Labute approximate surface area is 278 Å². The number of nitrogens with one attached hydrogen (secondary N) is 1. The SMILES string of the molecule is NCC(Oc1ccc(C(=O)NC(Cc2ccc(OCc3ccccc3)cc2)C(=O)O)cc1)(C(=O)c1ccccc1)C(=O)c1ccccc1. The van der Waals surface area contributed by atoms with Gasteiger partial charge in [-0.2, -0.15) is 0 Å². The maximum Gasteiger partial charge on any atom is 0.326 e. The molecule has 0 saturated heterocycles. The molecule has 5 aromatic carbocycles. The largest absolute Gasteiger partial charge is 0.489 e. The maximum atomic E-state index is 13.8. The standard InChI is InChI=1S/C39H34N2O7/c40-26-39(35(42)29-12-6-2-7-13-29,36(43)30-14-8-3-9-15-30)48-33-22-18-31(19-23-33)37(44)41-34(38(45)46)24-27-16-20-32(21-17-27)47-25-28-10-4-1-5-11-28/h1-23,34H,24-26,40H2,(H,41,44)(H,45,46). The molecule has 1 unspecified atom stereocenters. The summed E-state index contributed by atoms with van der Waals surface area (Å²) < 4.78 is 11.9. The fourth-order valence-corrected chi connectivity index (χ4v) is 5.08. The second-order valence-corrected chi connectivity index (χ2v) is 11.0. The highest BCUT2D eigenvalue weighted by Crippen LogP contribution is 2.27. The summed E-state index contributed by atoms with van der Waals surface area (Å²) in [6.07, 6.45) is 0.0451. The third-order valence-electron chi connectivity index (χ3n) is 7.72. The van der Waals surface area contributed by atoms with E-state index in [1.54, 1.807) is 84.9 Å². The van der Waals surface area contributed by atoms with Crippen LogP contribution in [0.2, 0.25) is 0 Å². The van der Waals surface area contributed by atoms with Crippen LogP contribution in [-0.2, 0) is 17.8 Å². The molecule has 0 saturated carbocycles. The van der Waals surface area contributed by atoms with Crippen LogP contribution in [0.5, 0.6) is 11.5 Å². The van der Waals surface area contributed by atoms with Gasteiger partial charge in [-0.15, -0.1) is 0 Å². The molecular formula is C39H34N2O7. The van der Waals surface area contributed by atoms with Crippen molar-refractivity contribution >= 4 is 23.4 Å². The molecular weight excluding hydrogens is 608 g/mol. The molecule has 0 bridgehead atoms. The number of aliphatic carboxylic acids is 1. The van der Waals surface area contributed by atoms with Gasteiger partial charge >= 0.3 is 5.97 Å². The summed E-state index contributed by atoms with van der Waals surface area (Å²) >= 11 is 0. The molecule has 4 N–H and O–H groups in total. The third kappa shape index (κ3) is 8.01. The molecule has 0 fully saturated rings. The minimum absolute atomic E-state index is 0.0451. The van der Waals surface area contributed by atoms with Gasteiger partial charge in [0.15, 0.2) is 0 Å². The molecule has 0 aliphatic rings. The Morgan fingerprint density at radius 3 is 1.62 bits per heavy atom. The Balaban J connectivity index is 1.27. The van der Waals surface area contributed by atoms with Crippen LogP contribution in [0.15, 0.2) is 140 Å². The smallest absolute Gasteiger partial charge is 0.326 e. The Morgan fingerprint density at radius 1 is 0.625 bits per heavy atom. The molecule has 242 valence electrons. The normalized spacial score (nSPS) is 11.6. The molecule has 9 heteroatoms. The van der Waals surface area contributed by atoms with E-state index in [-0.39, 0.29) is 28.9 Å². The van der Waals surface area contributed by atoms with Gasteiger partial charge in [-0.05, 0) is 47.5 Å². The molecule has 0 aliphatic carbocycles. The minimum Gasteiger partial charge on any atom is -0.489 e. The summed E-state index contributed by atoms with van der Waals surface area (Å²) in [5.74, 6) is -2.28. The first-order valence-electron chi connectivity index (χ1n) is 15.3. The van der Waals surface area contributed by atoms with Crippen LogP contribution in [-0.4, -0.2) is 46.7 Å². The number of nitrogens with two attached hydrogens (primary N) is 1. The third-order valence-corrected chi connectivity index (χ3v) is 7.72. The van der Waals surface area contributed by atoms with Crippen molar-refractivity contribution in [1.82, 2.24) is 5.32 Å². The van der Waals surface area contributed by atoms with Crippen molar-refractivity contribution in [3.05, 3.63) is 167 Å². The predicted molar refractivity (Wildman–Crippen MR) is 180 cm³/mol. The number of carbonyl (C=O) groups is 4. The summed E-state index contributed by atoms with van der Waals surface area (Å²) in [5, 5.41) is 12.4. The van der Waals surface area contributed by atoms with Crippen LogP contribution in [0.1, 0.15) is 42.2 Å². The Morgan fingerprint density at radius 2 is 1.12 bits per heavy atom. The van der Waals surface area contributed by atoms with Crippen molar-refractivity contribution in [1.29, 1.82) is 0 Å². The Bertz CT molecular complexity index is 1790. The van der Waals surface area contributed by atoms with Crippen molar-refractivity contribution in [3.63, 3.8) is 0 Å².